The van der Waals surface area contributed by atoms with E-state index in [1.807, 2.05) is 24.3 Å². The number of ether oxygens (including phenoxy) is 2. The van der Waals surface area contributed by atoms with Crippen LogP contribution >= 0.6 is 0 Å². The van der Waals surface area contributed by atoms with E-state index in [0.717, 1.165) is 55.8 Å². The van der Waals surface area contributed by atoms with Gasteiger partial charge in [-0.2, -0.15) is 0 Å². The molecule has 2 aliphatic rings. The van der Waals surface area contributed by atoms with E-state index in [1.54, 1.807) is 0 Å². The van der Waals surface area contributed by atoms with E-state index in [1.165, 1.54) is 18.6 Å². The average molecular weight is 470 g/mol. The Morgan fingerprint density at radius 3 is 2.41 bits per heavy atom. The molecule has 0 radical (unpaired) electrons. The van der Waals surface area contributed by atoms with E-state index >= 15 is 0 Å². The molecule has 1 saturated heterocycles. The van der Waals surface area contributed by atoms with Crippen molar-refractivity contribution in [3.05, 3.63) is 54.1 Å². The minimum Gasteiger partial charge on any atom is -0.490 e. The van der Waals surface area contributed by atoms with E-state index in [9.17, 15) is 21.6 Å². The van der Waals surface area contributed by atoms with Gasteiger partial charge in [-0.05, 0) is 74.0 Å². The predicted octanol–water partition coefficient (Wildman–Crippen LogP) is 4.81. The molecule has 0 spiro atoms. The topological polar surface area (TPSA) is 55.8 Å². The van der Waals surface area contributed by atoms with Crippen molar-refractivity contribution >= 4 is 9.84 Å². The molecule has 1 saturated carbocycles. The van der Waals surface area contributed by atoms with Gasteiger partial charge in [0, 0.05) is 13.1 Å². The Morgan fingerprint density at radius 2 is 1.75 bits per heavy atom. The van der Waals surface area contributed by atoms with Gasteiger partial charge in [-0.25, -0.2) is 8.42 Å². The lowest BCUT2D eigenvalue weighted by Crippen LogP contribution is -2.24. The van der Waals surface area contributed by atoms with Gasteiger partial charge in [0.05, 0.1) is 16.8 Å². The van der Waals surface area contributed by atoms with Crippen LogP contribution in [0.15, 0.2) is 53.4 Å². The predicted molar refractivity (Wildman–Crippen MR) is 113 cm³/mol. The van der Waals surface area contributed by atoms with Crippen LogP contribution in [-0.2, 0) is 16.4 Å². The summed E-state index contributed by atoms with van der Waals surface area (Å²) >= 11 is 0. The number of alkyl halides is 3. The summed E-state index contributed by atoms with van der Waals surface area (Å²) in [6, 6.07) is 12.6. The van der Waals surface area contributed by atoms with Crippen molar-refractivity contribution < 1.29 is 31.1 Å². The summed E-state index contributed by atoms with van der Waals surface area (Å²) in [5.74, 6) is 0.165. The van der Waals surface area contributed by atoms with Crippen LogP contribution in [0, 0.1) is 5.92 Å². The van der Waals surface area contributed by atoms with Crippen LogP contribution in [0.5, 0.6) is 11.5 Å². The van der Waals surface area contributed by atoms with Gasteiger partial charge in [0.2, 0.25) is 0 Å². The first kappa shape index (κ1) is 22.9. The second kappa shape index (κ2) is 9.31. The summed E-state index contributed by atoms with van der Waals surface area (Å²) in [6.45, 7) is 2.12. The minimum atomic E-state index is -4.87. The molecule has 174 valence electrons. The van der Waals surface area contributed by atoms with E-state index in [-0.39, 0.29) is 16.6 Å². The number of benzene rings is 2. The summed E-state index contributed by atoms with van der Waals surface area (Å²) in [7, 11) is -3.72. The SMILES string of the molecule is O=S(=O)(C[C@@H]1CCN(Cc2ccc(OC3CCC3)cc2)C1)c1cccc(OC(F)(F)F)c1. The second-order valence-corrected chi connectivity index (χ2v) is 10.5. The highest BCUT2D eigenvalue weighted by atomic mass is 32.2. The third-order valence-electron chi connectivity index (χ3n) is 5.91. The van der Waals surface area contributed by atoms with Crippen LogP contribution in [0.25, 0.3) is 0 Å². The molecule has 4 rings (SSSR count). The van der Waals surface area contributed by atoms with Crippen LogP contribution < -0.4 is 9.47 Å². The molecule has 2 aromatic carbocycles. The lowest BCUT2D eigenvalue weighted by atomic mass is 9.96. The maximum Gasteiger partial charge on any atom is 0.573 e. The summed E-state index contributed by atoms with van der Waals surface area (Å²) in [5.41, 5.74) is 1.13. The van der Waals surface area contributed by atoms with Gasteiger partial charge in [0.1, 0.15) is 11.5 Å². The van der Waals surface area contributed by atoms with Crippen molar-refractivity contribution in [3.63, 3.8) is 0 Å². The standard InChI is InChI=1S/C23H26F3NO4S/c24-23(25,26)31-21-5-2-6-22(13-21)32(28,29)16-18-11-12-27(15-18)14-17-7-9-20(10-8-17)30-19-3-1-4-19/h2,5-10,13,18-19H,1,3-4,11-12,14-16H2/t18-/m1/s1. The van der Waals surface area contributed by atoms with Crippen molar-refractivity contribution in [2.24, 2.45) is 5.92 Å². The highest BCUT2D eigenvalue weighted by molar-refractivity contribution is 7.91. The Labute approximate surface area is 186 Å². The molecule has 0 amide bonds. The third kappa shape index (κ3) is 6.16. The Hall–Kier alpha value is -2.26. The van der Waals surface area contributed by atoms with Crippen molar-refractivity contribution in [2.75, 3.05) is 18.8 Å². The number of hydrogen-bond acceptors (Lipinski definition) is 5. The molecular weight excluding hydrogens is 443 g/mol. The summed E-state index contributed by atoms with van der Waals surface area (Å²) in [5, 5.41) is 0. The first-order valence-electron chi connectivity index (χ1n) is 10.7. The van der Waals surface area contributed by atoms with Crippen LogP contribution in [0.3, 0.4) is 0 Å². The van der Waals surface area contributed by atoms with Crippen LogP contribution in [0.2, 0.25) is 0 Å². The van der Waals surface area contributed by atoms with Crippen molar-refractivity contribution in [1.82, 2.24) is 4.90 Å². The van der Waals surface area contributed by atoms with Gasteiger partial charge < -0.3 is 9.47 Å². The molecule has 32 heavy (non-hydrogen) atoms. The van der Waals surface area contributed by atoms with Gasteiger partial charge in [-0.3, -0.25) is 4.90 Å². The summed E-state index contributed by atoms with van der Waals surface area (Å²) in [4.78, 5) is 2.05. The molecule has 0 unspecified atom stereocenters. The molecule has 1 heterocycles. The smallest absolute Gasteiger partial charge is 0.490 e. The molecule has 0 aromatic heterocycles. The summed E-state index contributed by atoms with van der Waals surface area (Å²) in [6.07, 6.45) is -0.361. The van der Waals surface area contributed by atoms with Crippen molar-refractivity contribution in [1.29, 1.82) is 0 Å². The zero-order valence-corrected chi connectivity index (χ0v) is 18.4. The molecule has 9 heteroatoms. The fraction of sp³-hybridized carbons (Fsp3) is 0.478. The largest absolute Gasteiger partial charge is 0.573 e. The van der Waals surface area contributed by atoms with Gasteiger partial charge in [0.25, 0.3) is 0 Å². The minimum absolute atomic E-state index is 0.0755. The maximum atomic E-state index is 12.8. The zero-order valence-electron chi connectivity index (χ0n) is 17.6. The van der Waals surface area contributed by atoms with Crippen LogP contribution in [0.1, 0.15) is 31.2 Å². The molecule has 1 atom stereocenters. The Morgan fingerprint density at radius 1 is 1.00 bits per heavy atom. The Kier molecular flexibility index (Phi) is 6.67. The molecular formula is C23H26F3NO4S. The van der Waals surface area contributed by atoms with Gasteiger partial charge in [0.15, 0.2) is 9.84 Å². The highest BCUT2D eigenvalue weighted by Crippen LogP contribution is 2.29. The fourth-order valence-corrected chi connectivity index (χ4v) is 5.74. The maximum absolute atomic E-state index is 12.8. The fourth-order valence-electron chi connectivity index (χ4n) is 4.08. The number of halogens is 3. The highest BCUT2D eigenvalue weighted by Gasteiger charge is 2.32. The normalized spacial score (nSPS) is 20.2. The second-order valence-electron chi connectivity index (χ2n) is 8.51. The monoisotopic (exact) mass is 469 g/mol. The molecule has 5 nitrogen and oxygen atoms in total. The van der Waals surface area contributed by atoms with Gasteiger partial charge >= 0.3 is 6.36 Å². The molecule has 1 aliphatic heterocycles. The lowest BCUT2D eigenvalue weighted by Gasteiger charge is -2.26. The van der Waals surface area contributed by atoms with E-state index in [2.05, 4.69) is 9.64 Å². The number of sulfone groups is 1. The average Bonchev–Trinajstić information content (AvgIpc) is 3.11. The molecule has 0 bridgehead atoms. The molecule has 2 aromatic rings. The van der Waals surface area contributed by atoms with Gasteiger partial charge in [-0.15, -0.1) is 13.2 Å². The lowest BCUT2D eigenvalue weighted by molar-refractivity contribution is -0.274. The number of rotatable bonds is 8. The first-order chi connectivity index (χ1) is 15.2. The molecule has 2 fully saturated rings. The molecule has 1 aliphatic carbocycles. The van der Waals surface area contributed by atoms with Crippen molar-refractivity contribution in [3.8, 4) is 11.5 Å². The van der Waals surface area contributed by atoms with Crippen LogP contribution in [0.4, 0.5) is 13.2 Å². The quantitative estimate of drug-likeness (QED) is 0.555. The number of hydrogen-bond donors (Lipinski definition) is 0. The third-order valence-corrected chi connectivity index (χ3v) is 7.79. The van der Waals surface area contributed by atoms with Gasteiger partial charge in [-0.1, -0.05) is 18.2 Å². The Balaban J connectivity index is 1.31. The van der Waals surface area contributed by atoms with E-state index in [0.29, 0.717) is 12.6 Å². The van der Waals surface area contributed by atoms with E-state index < -0.39 is 21.9 Å². The number of nitrogens with zero attached hydrogens (tertiary/aromatic N) is 1. The van der Waals surface area contributed by atoms with Crippen LogP contribution in [-0.4, -0.2) is 44.6 Å². The summed E-state index contributed by atoms with van der Waals surface area (Å²) < 4.78 is 72.5. The zero-order chi connectivity index (χ0) is 22.8. The first-order valence-corrected chi connectivity index (χ1v) is 12.4. The van der Waals surface area contributed by atoms with E-state index in [4.69, 9.17) is 4.74 Å². The number of likely N-dealkylation sites (tertiary alicyclic amines) is 1. The molecule has 0 N–H and O–H groups in total. The Bertz CT molecular complexity index is 1020. The van der Waals surface area contributed by atoms with Crippen molar-refractivity contribution in [2.45, 2.75) is 49.6 Å².